The summed E-state index contributed by atoms with van der Waals surface area (Å²) in [5.74, 6) is -0.413. The summed E-state index contributed by atoms with van der Waals surface area (Å²) < 4.78 is 40.6. The maximum absolute atomic E-state index is 12.6. The molecule has 2 aromatic rings. The van der Waals surface area contributed by atoms with Crippen LogP contribution in [-0.2, 0) is 24.6 Å². The first-order valence-corrected chi connectivity index (χ1v) is 6.57. The van der Waals surface area contributed by atoms with Gasteiger partial charge in [0.1, 0.15) is 6.04 Å². The third-order valence-corrected chi connectivity index (χ3v) is 3.18. The second kappa shape index (κ2) is 5.82. The molecule has 0 bridgehead atoms. The molecule has 22 heavy (non-hydrogen) atoms. The van der Waals surface area contributed by atoms with Crippen molar-refractivity contribution in [2.45, 2.75) is 32.6 Å². The van der Waals surface area contributed by atoms with Crippen molar-refractivity contribution in [1.29, 1.82) is 0 Å². The highest BCUT2D eigenvalue weighted by molar-refractivity contribution is 5.79. The van der Waals surface area contributed by atoms with Crippen molar-refractivity contribution in [2.75, 3.05) is 0 Å². The van der Waals surface area contributed by atoms with Gasteiger partial charge in [0.05, 0.1) is 6.20 Å². The van der Waals surface area contributed by atoms with Crippen molar-refractivity contribution in [2.24, 2.45) is 7.05 Å². The van der Waals surface area contributed by atoms with Crippen LogP contribution in [0.4, 0.5) is 13.2 Å². The lowest BCUT2D eigenvalue weighted by atomic mass is 10.3. The smallest absolute Gasteiger partial charge is 0.350 e. The lowest BCUT2D eigenvalue weighted by Gasteiger charge is -2.14. The molecule has 2 heterocycles. The van der Waals surface area contributed by atoms with Crippen LogP contribution in [0.25, 0.3) is 0 Å². The van der Waals surface area contributed by atoms with Gasteiger partial charge in [-0.05, 0) is 19.9 Å². The molecule has 0 aliphatic rings. The minimum Gasteiger partial charge on any atom is -0.350 e. The first-order chi connectivity index (χ1) is 10.2. The van der Waals surface area contributed by atoms with Crippen LogP contribution in [0, 0.1) is 6.92 Å². The summed E-state index contributed by atoms with van der Waals surface area (Å²) in [6.07, 6.45) is -1.18. The zero-order valence-electron chi connectivity index (χ0n) is 12.3. The van der Waals surface area contributed by atoms with Gasteiger partial charge in [0, 0.05) is 31.0 Å². The molecule has 1 amide bonds. The fourth-order valence-corrected chi connectivity index (χ4v) is 2.03. The highest BCUT2D eigenvalue weighted by Crippen LogP contribution is 2.29. The number of amides is 1. The van der Waals surface area contributed by atoms with E-state index in [-0.39, 0.29) is 12.2 Å². The molecular weight excluding hydrogens is 299 g/mol. The summed E-state index contributed by atoms with van der Waals surface area (Å²) in [6, 6.07) is 0.0815. The number of halogens is 3. The van der Waals surface area contributed by atoms with Gasteiger partial charge < -0.3 is 5.32 Å². The Balaban J connectivity index is 2.05. The number of alkyl halides is 3. The zero-order valence-corrected chi connectivity index (χ0v) is 12.3. The molecule has 6 nitrogen and oxygen atoms in total. The zero-order chi connectivity index (χ0) is 16.5. The molecule has 1 N–H and O–H groups in total. The van der Waals surface area contributed by atoms with E-state index in [0.717, 1.165) is 16.3 Å². The van der Waals surface area contributed by atoms with Gasteiger partial charge >= 0.3 is 6.18 Å². The highest BCUT2D eigenvalue weighted by atomic mass is 19.4. The predicted molar refractivity (Wildman–Crippen MR) is 71.7 cm³/mol. The molecular formula is C13H16F3N5O. The van der Waals surface area contributed by atoms with Gasteiger partial charge in [-0.2, -0.15) is 23.4 Å². The lowest BCUT2D eigenvalue weighted by Crippen LogP contribution is -2.31. The average molecular weight is 315 g/mol. The maximum Gasteiger partial charge on any atom is 0.435 e. The molecule has 0 aromatic carbocycles. The minimum atomic E-state index is -4.53. The molecule has 9 heteroatoms. The average Bonchev–Trinajstić information content (AvgIpc) is 3.00. The fraction of sp³-hybridized carbons (Fsp3) is 0.462. The predicted octanol–water partition coefficient (Wildman–Crippen LogP) is 1.82. The molecule has 1 unspecified atom stereocenters. The Hall–Kier alpha value is -2.32. The standard InChI is InChI=1S/C13H16F3N5O/c1-8-4-11(13(14,15)16)19-21(8)9(2)12(22)17-5-10-6-18-20(3)7-10/h4,6-7,9H,5H2,1-3H3,(H,17,22). The van der Waals surface area contributed by atoms with Crippen molar-refractivity contribution >= 4 is 5.91 Å². The van der Waals surface area contributed by atoms with Gasteiger partial charge in [-0.25, -0.2) is 0 Å². The minimum absolute atomic E-state index is 0.253. The lowest BCUT2D eigenvalue weighted by molar-refractivity contribution is -0.142. The summed E-state index contributed by atoms with van der Waals surface area (Å²) in [5.41, 5.74) is 0.0736. The summed E-state index contributed by atoms with van der Waals surface area (Å²) in [5, 5.41) is 10.1. The second-order valence-electron chi connectivity index (χ2n) is 5.03. The number of nitrogens with zero attached hydrogens (tertiary/aromatic N) is 4. The molecule has 0 saturated carbocycles. The van der Waals surface area contributed by atoms with E-state index < -0.39 is 23.8 Å². The fourth-order valence-electron chi connectivity index (χ4n) is 2.03. The molecule has 0 aliphatic heterocycles. The van der Waals surface area contributed by atoms with Crippen LogP contribution in [0.5, 0.6) is 0 Å². The number of carbonyl (C=O) groups is 1. The van der Waals surface area contributed by atoms with E-state index in [9.17, 15) is 18.0 Å². The van der Waals surface area contributed by atoms with Crippen molar-refractivity contribution < 1.29 is 18.0 Å². The molecule has 2 aromatic heterocycles. The monoisotopic (exact) mass is 315 g/mol. The highest BCUT2D eigenvalue weighted by Gasteiger charge is 2.35. The third-order valence-electron chi connectivity index (χ3n) is 3.18. The number of hydrogen-bond donors (Lipinski definition) is 1. The molecule has 1 atom stereocenters. The Labute approximate surface area is 124 Å². The van der Waals surface area contributed by atoms with Crippen LogP contribution < -0.4 is 5.32 Å². The number of carbonyl (C=O) groups excluding carboxylic acids is 1. The topological polar surface area (TPSA) is 64.7 Å². The normalized spacial score (nSPS) is 13.2. The van der Waals surface area contributed by atoms with E-state index >= 15 is 0 Å². The van der Waals surface area contributed by atoms with Crippen LogP contribution in [0.2, 0.25) is 0 Å². The van der Waals surface area contributed by atoms with Crippen LogP contribution in [-0.4, -0.2) is 25.5 Å². The van der Waals surface area contributed by atoms with E-state index in [0.29, 0.717) is 0 Å². The van der Waals surface area contributed by atoms with Gasteiger partial charge in [-0.15, -0.1) is 0 Å². The Morgan fingerprint density at radius 2 is 2.14 bits per heavy atom. The van der Waals surface area contributed by atoms with E-state index in [1.807, 2.05) is 0 Å². The van der Waals surface area contributed by atoms with Gasteiger partial charge in [0.15, 0.2) is 5.69 Å². The van der Waals surface area contributed by atoms with Crippen molar-refractivity contribution in [3.8, 4) is 0 Å². The van der Waals surface area contributed by atoms with Crippen molar-refractivity contribution in [3.63, 3.8) is 0 Å². The van der Waals surface area contributed by atoms with E-state index in [1.54, 1.807) is 24.1 Å². The van der Waals surface area contributed by atoms with Gasteiger partial charge in [-0.1, -0.05) is 0 Å². The summed E-state index contributed by atoms with van der Waals surface area (Å²) >= 11 is 0. The van der Waals surface area contributed by atoms with Crippen LogP contribution in [0.1, 0.15) is 29.9 Å². The number of aromatic nitrogens is 4. The number of aryl methyl sites for hydroxylation is 2. The van der Waals surface area contributed by atoms with Crippen molar-refractivity contribution in [3.05, 3.63) is 35.4 Å². The molecule has 0 fully saturated rings. The Kier molecular flexibility index (Phi) is 4.25. The Morgan fingerprint density at radius 3 is 2.64 bits per heavy atom. The molecule has 0 saturated heterocycles. The second-order valence-corrected chi connectivity index (χ2v) is 5.03. The summed E-state index contributed by atoms with van der Waals surface area (Å²) in [7, 11) is 1.75. The third kappa shape index (κ3) is 3.46. The van der Waals surface area contributed by atoms with E-state index in [4.69, 9.17) is 0 Å². The van der Waals surface area contributed by atoms with Crippen LogP contribution >= 0.6 is 0 Å². The maximum atomic E-state index is 12.6. The molecule has 0 radical (unpaired) electrons. The van der Waals surface area contributed by atoms with Crippen LogP contribution in [0.3, 0.4) is 0 Å². The first kappa shape index (κ1) is 16.1. The quantitative estimate of drug-likeness (QED) is 0.936. The Bertz CT molecular complexity index is 674. The van der Waals surface area contributed by atoms with Crippen molar-refractivity contribution in [1.82, 2.24) is 24.9 Å². The van der Waals surface area contributed by atoms with Gasteiger partial charge in [0.25, 0.3) is 0 Å². The first-order valence-electron chi connectivity index (χ1n) is 6.57. The van der Waals surface area contributed by atoms with Gasteiger partial charge in [-0.3, -0.25) is 14.2 Å². The summed E-state index contributed by atoms with van der Waals surface area (Å²) in [6.45, 7) is 3.23. The van der Waals surface area contributed by atoms with Gasteiger partial charge in [0.2, 0.25) is 5.91 Å². The SMILES string of the molecule is Cc1cc(C(F)(F)F)nn1C(C)C(=O)NCc1cnn(C)c1. The van der Waals surface area contributed by atoms with E-state index in [2.05, 4.69) is 15.5 Å². The number of rotatable bonds is 4. The van der Waals surface area contributed by atoms with E-state index in [1.165, 1.54) is 13.8 Å². The van der Waals surface area contributed by atoms with Crippen LogP contribution in [0.15, 0.2) is 18.5 Å². The molecule has 120 valence electrons. The molecule has 0 aliphatic carbocycles. The molecule has 0 spiro atoms. The summed E-state index contributed by atoms with van der Waals surface area (Å²) in [4.78, 5) is 12.1. The molecule has 2 rings (SSSR count). The Morgan fingerprint density at radius 1 is 1.45 bits per heavy atom. The largest absolute Gasteiger partial charge is 0.435 e. The number of nitrogens with one attached hydrogen (secondary N) is 1. The number of hydrogen-bond acceptors (Lipinski definition) is 3.